The molecular formula is C7H7NO4. The fourth-order valence-electron chi connectivity index (χ4n) is 0.704. The van der Waals surface area contributed by atoms with E-state index in [1.54, 1.807) is 12.1 Å². The maximum absolute atomic E-state index is 10.7. The van der Waals surface area contributed by atoms with E-state index < -0.39 is 12.1 Å². The van der Waals surface area contributed by atoms with Crippen molar-refractivity contribution in [2.75, 3.05) is 0 Å². The topological polar surface area (TPSA) is 82.5 Å². The van der Waals surface area contributed by atoms with Crippen LogP contribution >= 0.6 is 0 Å². The summed E-state index contributed by atoms with van der Waals surface area (Å²) in [6, 6.07) is 3.23. The van der Waals surface area contributed by atoms with Gasteiger partial charge in [0.1, 0.15) is 12.2 Å². The third-order valence-corrected chi connectivity index (χ3v) is 1.11. The Morgan fingerprint density at radius 3 is 2.83 bits per heavy atom. The number of nitrogens with two attached hydrogens (primary N) is 1. The summed E-state index contributed by atoms with van der Waals surface area (Å²) >= 11 is 0. The lowest BCUT2D eigenvalue weighted by Crippen LogP contribution is -2.19. The molecule has 64 valence electrons. The van der Waals surface area contributed by atoms with Crippen molar-refractivity contribution in [2.24, 2.45) is 5.73 Å². The van der Waals surface area contributed by atoms with E-state index in [-0.39, 0.29) is 6.42 Å². The van der Waals surface area contributed by atoms with Crippen molar-refractivity contribution in [3.05, 3.63) is 24.2 Å². The Hall–Kier alpha value is -1.78. The van der Waals surface area contributed by atoms with Crippen molar-refractivity contribution in [1.82, 2.24) is 0 Å². The van der Waals surface area contributed by atoms with Gasteiger partial charge in [0.25, 0.3) is 0 Å². The molecule has 0 aliphatic rings. The molecule has 2 N–H and O–H groups in total. The third kappa shape index (κ3) is 2.45. The van der Waals surface area contributed by atoms with Crippen molar-refractivity contribution in [3.8, 4) is 0 Å². The standard InChI is InChI=1S/C7H7NO4/c8-7(10)12-6(9)4-5-2-1-3-11-5/h1-3H,4H2,(H2,8,10). The maximum atomic E-state index is 10.7. The van der Waals surface area contributed by atoms with Crippen molar-refractivity contribution in [2.45, 2.75) is 6.42 Å². The van der Waals surface area contributed by atoms with Gasteiger partial charge in [0.15, 0.2) is 0 Å². The molecule has 0 fully saturated rings. The normalized spacial score (nSPS) is 9.33. The minimum absolute atomic E-state index is 0.0874. The number of carbonyl (C=O) groups is 2. The second-order valence-electron chi connectivity index (χ2n) is 2.05. The van der Waals surface area contributed by atoms with Crippen LogP contribution in [0.15, 0.2) is 22.8 Å². The van der Waals surface area contributed by atoms with Crippen LogP contribution < -0.4 is 5.73 Å². The van der Waals surface area contributed by atoms with E-state index >= 15 is 0 Å². The Morgan fingerprint density at radius 1 is 1.58 bits per heavy atom. The molecule has 1 aromatic rings. The highest BCUT2D eigenvalue weighted by molar-refractivity contribution is 5.84. The third-order valence-electron chi connectivity index (χ3n) is 1.11. The van der Waals surface area contributed by atoms with Crippen LogP contribution in [-0.4, -0.2) is 12.1 Å². The molecule has 12 heavy (non-hydrogen) atoms. The van der Waals surface area contributed by atoms with E-state index in [0.717, 1.165) is 0 Å². The van der Waals surface area contributed by atoms with Crippen LogP contribution in [0.1, 0.15) is 5.76 Å². The Kier molecular flexibility index (Phi) is 2.47. The molecule has 0 spiro atoms. The van der Waals surface area contributed by atoms with Crippen molar-refractivity contribution in [1.29, 1.82) is 0 Å². The van der Waals surface area contributed by atoms with Gasteiger partial charge in [-0.05, 0) is 12.1 Å². The van der Waals surface area contributed by atoms with Crippen LogP contribution in [0.5, 0.6) is 0 Å². The van der Waals surface area contributed by atoms with Gasteiger partial charge < -0.3 is 14.9 Å². The zero-order valence-corrected chi connectivity index (χ0v) is 6.15. The van der Waals surface area contributed by atoms with Crippen LogP contribution in [-0.2, 0) is 16.0 Å². The molecule has 0 aliphatic heterocycles. The number of primary amides is 1. The van der Waals surface area contributed by atoms with Gasteiger partial charge in [-0.3, -0.25) is 4.79 Å². The van der Waals surface area contributed by atoms with E-state index in [2.05, 4.69) is 10.5 Å². The highest BCUT2D eigenvalue weighted by Crippen LogP contribution is 2.01. The SMILES string of the molecule is NC(=O)OC(=O)Cc1ccco1. The van der Waals surface area contributed by atoms with Crippen LogP contribution in [0.4, 0.5) is 4.79 Å². The molecule has 1 heterocycles. The molecule has 0 radical (unpaired) electrons. The maximum Gasteiger partial charge on any atom is 0.412 e. The number of esters is 1. The molecular weight excluding hydrogens is 162 g/mol. The summed E-state index contributed by atoms with van der Waals surface area (Å²) in [4.78, 5) is 20.8. The van der Waals surface area contributed by atoms with Gasteiger partial charge in [0.2, 0.25) is 0 Å². The van der Waals surface area contributed by atoms with Crippen molar-refractivity contribution >= 4 is 12.1 Å². The monoisotopic (exact) mass is 169 g/mol. The highest BCUT2D eigenvalue weighted by Gasteiger charge is 2.09. The van der Waals surface area contributed by atoms with Gasteiger partial charge in [-0.15, -0.1) is 0 Å². The molecule has 0 saturated heterocycles. The molecule has 0 atom stereocenters. The van der Waals surface area contributed by atoms with Crippen LogP contribution in [0.25, 0.3) is 0 Å². The number of rotatable bonds is 2. The Balaban J connectivity index is 2.42. The molecule has 5 heteroatoms. The zero-order valence-electron chi connectivity index (χ0n) is 6.15. The second-order valence-corrected chi connectivity index (χ2v) is 2.05. The summed E-state index contributed by atoms with van der Waals surface area (Å²) in [5.41, 5.74) is 4.61. The first-order valence-electron chi connectivity index (χ1n) is 3.21. The molecule has 1 rings (SSSR count). The molecule has 1 aromatic heterocycles. The van der Waals surface area contributed by atoms with Crippen molar-refractivity contribution in [3.63, 3.8) is 0 Å². The second kappa shape index (κ2) is 3.56. The van der Waals surface area contributed by atoms with Gasteiger partial charge in [-0.2, -0.15) is 0 Å². The Morgan fingerprint density at radius 2 is 2.33 bits per heavy atom. The molecule has 0 bridgehead atoms. The molecule has 0 unspecified atom stereocenters. The Labute approximate surface area is 68.1 Å². The summed E-state index contributed by atoms with van der Waals surface area (Å²) in [6.07, 6.45) is 0.231. The lowest BCUT2D eigenvalue weighted by atomic mass is 10.3. The first-order valence-corrected chi connectivity index (χ1v) is 3.21. The fraction of sp³-hybridized carbons (Fsp3) is 0.143. The molecule has 0 aromatic carbocycles. The lowest BCUT2D eigenvalue weighted by molar-refractivity contribution is -0.136. The first kappa shape index (κ1) is 8.32. The summed E-state index contributed by atoms with van der Waals surface area (Å²) < 4.78 is 8.90. The van der Waals surface area contributed by atoms with E-state index in [1.807, 2.05) is 0 Å². The molecule has 0 aliphatic carbocycles. The number of hydrogen-bond donors (Lipinski definition) is 1. The van der Waals surface area contributed by atoms with E-state index in [0.29, 0.717) is 5.76 Å². The van der Waals surface area contributed by atoms with E-state index in [1.165, 1.54) is 6.26 Å². The van der Waals surface area contributed by atoms with Crippen LogP contribution in [0, 0.1) is 0 Å². The highest BCUT2D eigenvalue weighted by atomic mass is 16.6. The lowest BCUT2D eigenvalue weighted by Gasteiger charge is -1.95. The van der Waals surface area contributed by atoms with E-state index in [4.69, 9.17) is 4.42 Å². The Bertz CT molecular complexity index is 278. The van der Waals surface area contributed by atoms with Crippen LogP contribution in [0.3, 0.4) is 0 Å². The summed E-state index contributed by atoms with van der Waals surface area (Å²) in [6.45, 7) is 0. The van der Waals surface area contributed by atoms with Gasteiger partial charge in [0.05, 0.1) is 6.26 Å². The summed E-state index contributed by atoms with van der Waals surface area (Å²) in [7, 11) is 0. The average molecular weight is 169 g/mol. The fourth-order valence-corrected chi connectivity index (χ4v) is 0.704. The van der Waals surface area contributed by atoms with Gasteiger partial charge >= 0.3 is 12.1 Å². The number of hydrogen-bond acceptors (Lipinski definition) is 4. The number of ether oxygens (including phenoxy) is 1. The predicted molar refractivity (Wildman–Crippen MR) is 38.1 cm³/mol. The largest absolute Gasteiger partial charge is 0.469 e. The average Bonchev–Trinajstić information content (AvgIpc) is 2.37. The number of amides is 1. The minimum Gasteiger partial charge on any atom is -0.469 e. The minimum atomic E-state index is -1.11. The van der Waals surface area contributed by atoms with Gasteiger partial charge in [-0.1, -0.05) is 0 Å². The summed E-state index contributed by atoms with van der Waals surface area (Å²) in [5, 5.41) is 0. The molecule has 0 saturated carbocycles. The zero-order chi connectivity index (χ0) is 8.97. The van der Waals surface area contributed by atoms with Gasteiger partial charge in [0, 0.05) is 0 Å². The van der Waals surface area contributed by atoms with Crippen LogP contribution in [0.2, 0.25) is 0 Å². The van der Waals surface area contributed by atoms with Crippen molar-refractivity contribution < 1.29 is 18.7 Å². The predicted octanol–water partition coefficient (Wildman–Crippen LogP) is 0.444. The molecule has 5 nitrogen and oxygen atoms in total. The smallest absolute Gasteiger partial charge is 0.412 e. The van der Waals surface area contributed by atoms with E-state index in [9.17, 15) is 9.59 Å². The van der Waals surface area contributed by atoms with Gasteiger partial charge in [-0.25, -0.2) is 4.79 Å². The summed E-state index contributed by atoms with van der Waals surface area (Å²) in [5.74, 6) is -0.293. The number of furan rings is 1. The first-order chi connectivity index (χ1) is 5.68. The molecule has 1 amide bonds. The quantitative estimate of drug-likeness (QED) is 0.514. The number of carbonyl (C=O) groups excluding carboxylic acids is 2.